The zero-order valence-corrected chi connectivity index (χ0v) is 14.8. The number of rotatable bonds is 4. The van der Waals surface area contributed by atoms with Crippen LogP contribution in [0, 0.1) is 17.1 Å². The lowest BCUT2D eigenvalue weighted by Gasteiger charge is -2.18. The third kappa shape index (κ3) is 3.30. The summed E-state index contributed by atoms with van der Waals surface area (Å²) in [5, 5.41) is 9.29. The summed E-state index contributed by atoms with van der Waals surface area (Å²) in [7, 11) is 0. The number of hydrogen-bond acceptors (Lipinski definition) is 3. The smallest absolute Gasteiger partial charge is 0.123 e. The molecule has 0 aliphatic rings. The number of nitriles is 1. The Kier molecular flexibility index (Phi) is 4.39. The van der Waals surface area contributed by atoms with Crippen molar-refractivity contribution in [2.24, 2.45) is 0 Å². The van der Waals surface area contributed by atoms with Crippen LogP contribution in [0.4, 0.5) is 4.39 Å². The highest BCUT2D eigenvalue weighted by atomic mass is 19.1. The number of fused-ring (bicyclic) bond motifs is 1. The first-order valence-corrected chi connectivity index (χ1v) is 8.71. The molecule has 4 rings (SSSR count). The van der Waals surface area contributed by atoms with Gasteiger partial charge < -0.3 is 4.57 Å². The molecule has 0 unspecified atom stereocenters. The van der Waals surface area contributed by atoms with Crippen molar-refractivity contribution in [2.75, 3.05) is 0 Å². The van der Waals surface area contributed by atoms with E-state index in [0.717, 1.165) is 28.0 Å². The van der Waals surface area contributed by atoms with Crippen LogP contribution in [0.2, 0.25) is 0 Å². The van der Waals surface area contributed by atoms with Crippen molar-refractivity contribution in [1.29, 1.82) is 5.26 Å². The van der Waals surface area contributed by atoms with Gasteiger partial charge in [0, 0.05) is 18.8 Å². The highest BCUT2D eigenvalue weighted by Crippen LogP contribution is 2.28. The Balaban J connectivity index is 1.87. The van der Waals surface area contributed by atoms with Crippen molar-refractivity contribution in [2.45, 2.75) is 19.4 Å². The van der Waals surface area contributed by atoms with Crippen LogP contribution in [-0.2, 0) is 6.42 Å². The Morgan fingerprint density at radius 1 is 1.07 bits per heavy atom. The van der Waals surface area contributed by atoms with Crippen LogP contribution >= 0.6 is 0 Å². The fourth-order valence-electron chi connectivity index (χ4n) is 3.34. The van der Waals surface area contributed by atoms with Crippen molar-refractivity contribution in [3.05, 3.63) is 95.3 Å². The Morgan fingerprint density at radius 3 is 2.52 bits per heavy atom. The van der Waals surface area contributed by atoms with Crippen LogP contribution in [-0.4, -0.2) is 14.5 Å². The number of halogens is 1. The molecule has 4 nitrogen and oxygen atoms in total. The molecule has 0 saturated heterocycles. The molecule has 5 heteroatoms. The van der Waals surface area contributed by atoms with E-state index in [1.54, 1.807) is 30.6 Å². The number of nitrogens with zero attached hydrogens (tertiary/aromatic N) is 4. The minimum Gasteiger partial charge on any atom is -0.320 e. The molecule has 2 heterocycles. The minimum absolute atomic E-state index is 0.0543. The van der Waals surface area contributed by atoms with Crippen LogP contribution in [0.5, 0.6) is 0 Å². The van der Waals surface area contributed by atoms with Gasteiger partial charge in [-0.25, -0.2) is 9.37 Å². The fourth-order valence-corrected chi connectivity index (χ4v) is 3.34. The molecule has 2 aromatic carbocycles. The van der Waals surface area contributed by atoms with E-state index in [1.807, 2.05) is 24.3 Å². The lowest BCUT2D eigenvalue weighted by molar-refractivity contribution is 0.611. The Bertz CT molecular complexity index is 1120. The van der Waals surface area contributed by atoms with Gasteiger partial charge in [-0.05, 0) is 60.5 Å². The van der Waals surface area contributed by atoms with Crippen LogP contribution < -0.4 is 0 Å². The van der Waals surface area contributed by atoms with E-state index in [4.69, 9.17) is 4.98 Å². The van der Waals surface area contributed by atoms with Gasteiger partial charge in [-0.1, -0.05) is 12.1 Å². The molecule has 0 aliphatic heterocycles. The second-order valence-electron chi connectivity index (χ2n) is 6.47. The molecule has 0 aliphatic carbocycles. The molecule has 0 bridgehead atoms. The second kappa shape index (κ2) is 7.00. The van der Waals surface area contributed by atoms with Crippen molar-refractivity contribution < 1.29 is 4.39 Å². The zero-order valence-electron chi connectivity index (χ0n) is 14.8. The Hall–Kier alpha value is -3.52. The van der Waals surface area contributed by atoms with Gasteiger partial charge in [-0.15, -0.1) is 0 Å². The molecule has 27 heavy (non-hydrogen) atoms. The SMILES string of the molecule is C[C@@H](c1ccc(F)cc1)n1c(Cc2ccncc2)nc2ccc(C#N)cc21. The first-order chi connectivity index (χ1) is 13.2. The van der Waals surface area contributed by atoms with Gasteiger partial charge in [-0.2, -0.15) is 5.26 Å². The summed E-state index contributed by atoms with van der Waals surface area (Å²) in [5.74, 6) is 0.633. The molecule has 0 saturated carbocycles. The molecule has 0 amide bonds. The maximum absolute atomic E-state index is 13.3. The first kappa shape index (κ1) is 16.9. The monoisotopic (exact) mass is 356 g/mol. The number of aromatic nitrogens is 3. The van der Waals surface area contributed by atoms with Crippen molar-refractivity contribution in [1.82, 2.24) is 14.5 Å². The van der Waals surface area contributed by atoms with Gasteiger partial charge in [0.05, 0.1) is 28.7 Å². The van der Waals surface area contributed by atoms with Crippen LogP contribution in [0.1, 0.15) is 35.5 Å². The molecule has 0 fully saturated rings. The lowest BCUT2D eigenvalue weighted by Crippen LogP contribution is -2.11. The Morgan fingerprint density at radius 2 is 1.81 bits per heavy atom. The molecule has 4 aromatic rings. The van der Waals surface area contributed by atoms with E-state index < -0.39 is 0 Å². The molecular weight excluding hydrogens is 339 g/mol. The third-order valence-electron chi connectivity index (χ3n) is 4.74. The number of pyridine rings is 1. The quantitative estimate of drug-likeness (QED) is 0.535. The fraction of sp³-hybridized carbons (Fsp3) is 0.136. The number of hydrogen-bond donors (Lipinski definition) is 0. The van der Waals surface area contributed by atoms with Crippen LogP contribution in [0.3, 0.4) is 0 Å². The molecule has 2 aromatic heterocycles. The average molecular weight is 356 g/mol. The normalized spacial score (nSPS) is 12.0. The summed E-state index contributed by atoms with van der Waals surface area (Å²) in [5.41, 5.74) is 4.41. The van der Waals surface area contributed by atoms with Gasteiger partial charge >= 0.3 is 0 Å². The number of benzene rings is 2. The van der Waals surface area contributed by atoms with Crippen LogP contribution in [0.15, 0.2) is 67.0 Å². The molecular formula is C22H17FN4. The summed E-state index contributed by atoms with van der Waals surface area (Å²) in [6.07, 6.45) is 4.17. The van der Waals surface area contributed by atoms with E-state index in [9.17, 15) is 9.65 Å². The minimum atomic E-state index is -0.259. The van der Waals surface area contributed by atoms with Crippen molar-refractivity contribution >= 4 is 11.0 Å². The van der Waals surface area contributed by atoms with E-state index in [0.29, 0.717) is 12.0 Å². The molecule has 0 N–H and O–H groups in total. The molecule has 0 radical (unpaired) electrons. The summed E-state index contributed by atoms with van der Waals surface area (Å²) >= 11 is 0. The predicted octanol–water partition coefficient (Wildman–Crippen LogP) is 4.64. The highest BCUT2D eigenvalue weighted by molar-refractivity contribution is 5.78. The molecule has 1 atom stereocenters. The zero-order chi connectivity index (χ0) is 18.8. The summed E-state index contributed by atoms with van der Waals surface area (Å²) in [4.78, 5) is 8.87. The largest absolute Gasteiger partial charge is 0.320 e. The standard InChI is InChI=1S/C22H17FN4/c1-15(18-3-5-19(23)6-4-18)27-21-12-17(14-24)2-7-20(21)26-22(27)13-16-8-10-25-11-9-16/h2-12,15H,13H2,1H3/t15-/m0/s1. The first-order valence-electron chi connectivity index (χ1n) is 8.71. The van der Waals surface area contributed by atoms with E-state index in [2.05, 4.69) is 22.5 Å². The Labute approximate surface area is 156 Å². The summed E-state index contributed by atoms with van der Waals surface area (Å²) < 4.78 is 15.5. The summed E-state index contributed by atoms with van der Waals surface area (Å²) in [6.45, 7) is 2.06. The molecule has 132 valence electrons. The van der Waals surface area contributed by atoms with E-state index in [-0.39, 0.29) is 11.9 Å². The van der Waals surface area contributed by atoms with Gasteiger partial charge in [0.25, 0.3) is 0 Å². The number of imidazole rings is 1. The topological polar surface area (TPSA) is 54.5 Å². The van der Waals surface area contributed by atoms with E-state index in [1.165, 1.54) is 12.1 Å². The maximum Gasteiger partial charge on any atom is 0.123 e. The molecule has 0 spiro atoms. The van der Waals surface area contributed by atoms with Gasteiger partial charge in [0.2, 0.25) is 0 Å². The average Bonchev–Trinajstić information content (AvgIpc) is 3.05. The van der Waals surface area contributed by atoms with Gasteiger partial charge in [0.15, 0.2) is 0 Å². The summed E-state index contributed by atoms with van der Waals surface area (Å²) in [6, 6.07) is 18.1. The van der Waals surface area contributed by atoms with Gasteiger partial charge in [-0.3, -0.25) is 4.98 Å². The van der Waals surface area contributed by atoms with Gasteiger partial charge in [0.1, 0.15) is 11.6 Å². The highest BCUT2D eigenvalue weighted by Gasteiger charge is 2.18. The van der Waals surface area contributed by atoms with Crippen LogP contribution in [0.25, 0.3) is 11.0 Å². The van der Waals surface area contributed by atoms with Crippen molar-refractivity contribution in [3.63, 3.8) is 0 Å². The predicted molar refractivity (Wildman–Crippen MR) is 102 cm³/mol. The lowest BCUT2D eigenvalue weighted by atomic mass is 10.1. The maximum atomic E-state index is 13.3. The van der Waals surface area contributed by atoms with E-state index >= 15 is 0 Å². The third-order valence-corrected chi connectivity index (χ3v) is 4.74. The van der Waals surface area contributed by atoms with Crippen molar-refractivity contribution in [3.8, 4) is 6.07 Å². The second-order valence-corrected chi connectivity index (χ2v) is 6.47.